The van der Waals surface area contributed by atoms with E-state index in [9.17, 15) is 4.79 Å². The summed E-state index contributed by atoms with van der Waals surface area (Å²) in [7, 11) is 0. The van der Waals surface area contributed by atoms with Gasteiger partial charge in [-0.1, -0.05) is 6.07 Å². The van der Waals surface area contributed by atoms with Crippen LogP contribution in [0, 0.1) is 6.92 Å². The Balaban J connectivity index is 1.88. The van der Waals surface area contributed by atoms with Gasteiger partial charge in [0.25, 0.3) is 5.91 Å². The Bertz CT molecular complexity index is 442. The van der Waals surface area contributed by atoms with Gasteiger partial charge in [0.05, 0.1) is 17.4 Å². The van der Waals surface area contributed by atoms with Gasteiger partial charge in [0.1, 0.15) is 0 Å². The van der Waals surface area contributed by atoms with Gasteiger partial charge < -0.3 is 15.5 Å². The number of carbonyl (C=O) groups excluding carboxylic acids is 1. The first-order chi connectivity index (χ1) is 9.20. The molecule has 1 aliphatic heterocycles. The van der Waals surface area contributed by atoms with Crippen LogP contribution in [0.15, 0.2) is 18.2 Å². The van der Waals surface area contributed by atoms with E-state index < -0.39 is 0 Å². The van der Waals surface area contributed by atoms with Crippen LogP contribution in [0.5, 0.6) is 0 Å². The molecule has 0 bridgehead atoms. The fraction of sp³-hybridized carbons (Fsp3) is 0.500. The molecular formula is C14H21N3O2. The van der Waals surface area contributed by atoms with E-state index in [1.807, 2.05) is 19.1 Å². The lowest BCUT2D eigenvalue weighted by Gasteiger charge is -2.12. The van der Waals surface area contributed by atoms with E-state index in [0.29, 0.717) is 23.9 Å². The number of benzene rings is 1. The van der Waals surface area contributed by atoms with Crippen LogP contribution in [0.3, 0.4) is 0 Å². The summed E-state index contributed by atoms with van der Waals surface area (Å²) >= 11 is 0. The predicted octanol–water partition coefficient (Wildman–Crippen LogP) is 1.58. The summed E-state index contributed by atoms with van der Waals surface area (Å²) in [5.41, 5.74) is 4.84. The quantitative estimate of drug-likeness (QED) is 0.557. The van der Waals surface area contributed by atoms with E-state index >= 15 is 0 Å². The first-order valence-corrected chi connectivity index (χ1v) is 6.68. The largest absolute Gasteiger partial charge is 0.378 e. The van der Waals surface area contributed by atoms with Crippen molar-refractivity contribution in [1.82, 2.24) is 5.32 Å². The molecule has 5 nitrogen and oxygen atoms in total. The summed E-state index contributed by atoms with van der Waals surface area (Å²) in [6, 6.07) is 5.54. The number of hydrogen-bond donors (Lipinski definition) is 3. The topological polar surface area (TPSA) is 76.4 Å². The normalized spacial score (nSPS) is 18.3. The molecule has 0 spiro atoms. The molecule has 1 aliphatic rings. The van der Waals surface area contributed by atoms with Crippen LogP contribution in [0.2, 0.25) is 0 Å². The SMILES string of the molecule is Cc1ccc(C(=O)NCCC2CCCO2)c(NN)c1. The second kappa shape index (κ2) is 6.54. The van der Waals surface area contributed by atoms with E-state index in [2.05, 4.69) is 10.7 Å². The van der Waals surface area contributed by atoms with Gasteiger partial charge in [-0.15, -0.1) is 0 Å². The third-order valence-corrected chi connectivity index (χ3v) is 3.35. The van der Waals surface area contributed by atoms with Gasteiger partial charge in [0, 0.05) is 13.2 Å². The Morgan fingerprint density at radius 1 is 1.53 bits per heavy atom. The zero-order chi connectivity index (χ0) is 13.7. The van der Waals surface area contributed by atoms with Gasteiger partial charge >= 0.3 is 0 Å². The number of anilines is 1. The molecule has 1 aromatic rings. The fourth-order valence-corrected chi connectivity index (χ4v) is 2.29. The third-order valence-electron chi connectivity index (χ3n) is 3.35. The lowest BCUT2D eigenvalue weighted by Crippen LogP contribution is -2.28. The maximum Gasteiger partial charge on any atom is 0.253 e. The summed E-state index contributed by atoms with van der Waals surface area (Å²) in [4.78, 5) is 12.1. The summed E-state index contributed by atoms with van der Waals surface area (Å²) in [5, 5.41) is 2.91. The number of nitrogen functional groups attached to an aromatic ring is 1. The van der Waals surface area contributed by atoms with Crippen molar-refractivity contribution in [3.63, 3.8) is 0 Å². The van der Waals surface area contributed by atoms with Gasteiger partial charge in [0.2, 0.25) is 0 Å². The van der Waals surface area contributed by atoms with Crippen molar-refractivity contribution in [2.24, 2.45) is 5.84 Å². The molecule has 1 fully saturated rings. The number of rotatable bonds is 5. The first-order valence-electron chi connectivity index (χ1n) is 6.68. The van der Waals surface area contributed by atoms with Crippen LogP contribution in [0.4, 0.5) is 5.69 Å². The van der Waals surface area contributed by atoms with Gasteiger partial charge in [-0.05, 0) is 43.9 Å². The van der Waals surface area contributed by atoms with Crippen LogP contribution < -0.4 is 16.6 Å². The van der Waals surface area contributed by atoms with Crippen molar-refractivity contribution in [2.75, 3.05) is 18.6 Å². The monoisotopic (exact) mass is 263 g/mol. The minimum Gasteiger partial charge on any atom is -0.378 e. The molecular weight excluding hydrogens is 242 g/mol. The molecule has 104 valence electrons. The summed E-state index contributed by atoms with van der Waals surface area (Å²) < 4.78 is 5.52. The zero-order valence-electron chi connectivity index (χ0n) is 11.2. The molecule has 1 aromatic carbocycles. The van der Waals surface area contributed by atoms with Gasteiger partial charge in [0.15, 0.2) is 0 Å². The number of aryl methyl sites for hydroxylation is 1. The Morgan fingerprint density at radius 3 is 3.05 bits per heavy atom. The molecule has 19 heavy (non-hydrogen) atoms. The maximum absolute atomic E-state index is 12.1. The average Bonchev–Trinajstić information content (AvgIpc) is 2.91. The third kappa shape index (κ3) is 3.68. The Labute approximate surface area is 113 Å². The maximum atomic E-state index is 12.1. The average molecular weight is 263 g/mol. The van der Waals surface area contributed by atoms with Crippen LogP contribution in [-0.2, 0) is 4.74 Å². The van der Waals surface area contributed by atoms with E-state index in [1.165, 1.54) is 0 Å². The molecule has 1 amide bonds. The number of ether oxygens (including phenoxy) is 1. The highest BCUT2D eigenvalue weighted by Gasteiger charge is 2.16. The van der Waals surface area contributed by atoms with Crippen LogP contribution in [0.25, 0.3) is 0 Å². The molecule has 5 heteroatoms. The Hall–Kier alpha value is -1.59. The predicted molar refractivity (Wildman–Crippen MR) is 74.9 cm³/mol. The molecule has 1 atom stereocenters. The number of hydrogen-bond acceptors (Lipinski definition) is 4. The molecule has 0 radical (unpaired) electrons. The van der Waals surface area contributed by atoms with E-state index in [4.69, 9.17) is 10.6 Å². The van der Waals surface area contributed by atoms with Gasteiger partial charge in [-0.2, -0.15) is 0 Å². The number of hydrazine groups is 1. The molecule has 1 saturated heterocycles. The van der Waals surface area contributed by atoms with Crippen molar-refractivity contribution in [1.29, 1.82) is 0 Å². The number of nitrogens with one attached hydrogen (secondary N) is 2. The minimum atomic E-state index is -0.106. The number of nitrogens with two attached hydrogens (primary N) is 1. The minimum absolute atomic E-state index is 0.106. The van der Waals surface area contributed by atoms with E-state index in [0.717, 1.165) is 31.4 Å². The second-order valence-electron chi connectivity index (χ2n) is 4.87. The van der Waals surface area contributed by atoms with Gasteiger partial charge in [-0.3, -0.25) is 10.6 Å². The highest BCUT2D eigenvalue weighted by molar-refractivity contribution is 5.99. The summed E-state index contributed by atoms with van der Waals surface area (Å²) in [6.45, 7) is 3.43. The Kier molecular flexibility index (Phi) is 4.76. The van der Waals surface area contributed by atoms with Crippen LogP contribution >= 0.6 is 0 Å². The number of amides is 1. The second-order valence-corrected chi connectivity index (χ2v) is 4.87. The molecule has 1 heterocycles. The molecule has 4 N–H and O–H groups in total. The molecule has 0 saturated carbocycles. The number of carbonyl (C=O) groups is 1. The molecule has 2 rings (SSSR count). The summed E-state index contributed by atoms with van der Waals surface area (Å²) in [6.07, 6.45) is 3.38. The van der Waals surface area contributed by atoms with Crippen LogP contribution in [-0.4, -0.2) is 25.2 Å². The Morgan fingerprint density at radius 2 is 2.37 bits per heavy atom. The summed E-state index contributed by atoms with van der Waals surface area (Å²) in [5.74, 6) is 5.33. The highest BCUT2D eigenvalue weighted by atomic mass is 16.5. The van der Waals surface area contributed by atoms with Crippen molar-refractivity contribution >= 4 is 11.6 Å². The van der Waals surface area contributed by atoms with Crippen molar-refractivity contribution in [3.8, 4) is 0 Å². The fourth-order valence-electron chi connectivity index (χ4n) is 2.29. The lowest BCUT2D eigenvalue weighted by molar-refractivity contribution is 0.0908. The molecule has 1 unspecified atom stereocenters. The molecule has 0 aromatic heterocycles. The standard InChI is InChI=1S/C14H21N3O2/c1-10-4-5-12(13(9-10)17-15)14(18)16-7-6-11-3-2-8-19-11/h4-5,9,11,17H,2-3,6-8,15H2,1H3,(H,16,18). The van der Waals surface area contributed by atoms with Crippen molar-refractivity contribution < 1.29 is 9.53 Å². The zero-order valence-corrected chi connectivity index (χ0v) is 11.2. The smallest absolute Gasteiger partial charge is 0.253 e. The van der Waals surface area contributed by atoms with Crippen molar-refractivity contribution in [3.05, 3.63) is 29.3 Å². The molecule has 0 aliphatic carbocycles. The first kappa shape index (κ1) is 13.8. The highest BCUT2D eigenvalue weighted by Crippen LogP contribution is 2.17. The van der Waals surface area contributed by atoms with Crippen molar-refractivity contribution in [2.45, 2.75) is 32.3 Å². The van der Waals surface area contributed by atoms with E-state index in [1.54, 1.807) is 6.07 Å². The lowest BCUT2D eigenvalue weighted by atomic mass is 10.1. The van der Waals surface area contributed by atoms with E-state index in [-0.39, 0.29) is 5.91 Å². The van der Waals surface area contributed by atoms with Gasteiger partial charge in [-0.25, -0.2) is 0 Å². The van der Waals surface area contributed by atoms with Crippen LogP contribution in [0.1, 0.15) is 35.2 Å².